The van der Waals surface area contributed by atoms with Crippen molar-refractivity contribution in [2.24, 2.45) is 11.8 Å². The van der Waals surface area contributed by atoms with Gasteiger partial charge in [-0.1, -0.05) is 6.92 Å². The summed E-state index contributed by atoms with van der Waals surface area (Å²) in [5.41, 5.74) is 0. The van der Waals surface area contributed by atoms with Crippen LogP contribution in [0.15, 0.2) is 16.5 Å². The molecular weight excluding hydrogens is 206 g/mol. The highest BCUT2D eigenvalue weighted by atomic mass is 16.5. The Morgan fingerprint density at radius 1 is 1.56 bits per heavy atom. The van der Waals surface area contributed by atoms with E-state index < -0.39 is 0 Å². The van der Waals surface area contributed by atoms with Crippen molar-refractivity contribution in [2.45, 2.75) is 19.8 Å². The van der Waals surface area contributed by atoms with Crippen LogP contribution in [-0.2, 0) is 0 Å². The van der Waals surface area contributed by atoms with E-state index in [2.05, 4.69) is 12.2 Å². The molecule has 0 amide bonds. The van der Waals surface area contributed by atoms with Crippen molar-refractivity contribution in [1.29, 1.82) is 0 Å². The number of hydrogen-bond acceptors (Lipinski definition) is 4. The summed E-state index contributed by atoms with van der Waals surface area (Å²) in [6.45, 7) is 4.11. The van der Waals surface area contributed by atoms with Crippen LogP contribution in [0.4, 0.5) is 0 Å². The molecule has 2 heterocycles. The van der Waals surface area contributed by atoms with Gasteiger partial charge in [0.2, 0.25) is 0 Å². The van der Waals surface area contributed by atoms with Gasteiger partial charge in [0.25, 0.3) is 5.95 Å². The Morgan fingerprint density at radius 3 is 3.00 bits per heavy atom. The van der Waals surface area contributed by atoms with Crippen LogP contribution >= 0.6 is 0 Å². The maximum atomic E-state index is 11.8. The van der Waals surface area contributed by atoms with Crippen molar-refractivity contribution < 1.29 is 14.3 Å². The second-order valence-electron chi connectivity index (χ2n) is 4.63. The van der Waals surface area contributed by atoms with Gasteiger partial charge in [-0.3, -0.25) is 4.79 Å². The summed E-state index contributed by atoms with van der Waals surface area (Å²) in [6, 6.07) is 2.92. The zero-order chi connectivity index (χ0) is 11.5. The highest BCUT2D eigenvalue weighted by molar-refractivity contribution is 5.93. The molecule has 1 fully saturated rings. The van der Waals surface area contributed by atoms with E-state index in [1.165, 1.54) is 12.1 Å². The topological polar surface area (TPSA) is 62.5 Å². The second-order valence-corrected chi connectivity index (χ2v) is 4.63. The van der Waals surface area contributed by atoms with Crippen LogP contribution in [0.1, 0.15) is 30.3 Å². The molecule has 1 aliphatic rings. The minimum absolute atomic E-state index is 0.0267. The predicted molar refractivity (Wildman–Crippen MR) is 59.5 cm³/mol. The van der Waals surface area contributed by atoms with Gasteiger partial charge in [0.15, 0.2) is 11.5 Å². The van der Waals surface area contributed by atoms with E-state index in [0.29, 0.717) is 18.3 Å². The number of furan rings is 1. The normalized spacial score (nSPS) is 25.6. The summed E-state index contributed by atoms with van der Waals surface area (Å²) in [6.07, 6.45) is 1.57. The molecule has 0 saturated carbocycles. The molecule has 0 spiro atoms. The first kappa shape index (κ1) is 11.2. The summed E-state index contributed by atoms with van der Waals surface area (Å²) < 4.78 is 4.90. The summed E-state index contributed by atoms with van der Waals surface area (Å²) in [5.74, 6) is 1.04. The zero-order valence-corrected chi connectivity index (χ0v) is 9.40. The van der Waals surface area contributed by atoms with E-state index in [9.17, 15) is 4.79 Å². The number of carbonyl (C=O) groups excluding carboxylic acids is 1. The quantitative estimate of drug-likeness (QED) is 0.767. The van der Waals surface area contributed by atoms with Crippen molar-refractivity contribution in [2.75, 3.05) is 13.1 Å². The first-order valence-electron chi connectivity index (χ1n) is 5.68. The number of aromatic hydroxyl groups is 1. The van der Waals surface area contributed by atoms with Gasteiger partial charge in [0.05, 0.1) is 0 Å². The first-order valence-corrected chi connectivity index (χ1v) is 5.68. The van der Waals surface area contributed by atoms with E-state index in [0.717, 1.165) is 19.5 Å². The Hall–Kier alpha value is -1.29. The first-order chi connectivity index (χ1) is 7.65. The molecule has 1 aliphatic heterocycles. The molecule has 4 heteroatoms. The lowest BCUT2D eigenvalue weighted by atomic mass is 9.88. The van der Waals surface area contributed by atoms with Crippen LogP contribution < -0.4 is 5.32 Å². The van der Waals surface area contributed by atoms with Crippen molar-refractivity contribution >= 4 is 5.78 Å². The molecule has 0 radical (unpaired) electrons. The second kappa shape index (κ2) is 4.70. The molecule has 0 bridgehead atoms. The van der Waals surface area contributed by atoms with Crippen LogP contribution in [0.2, 0.25) is 0 Å². The van der Waals surface area contributed by atoms with Gasteiger partial charge in [0.1, 0.15) is 0 Å². The van der Waals surface area contributed by atoms with E-state index in [4.69, 9.17) is 9.52 Å². The summed E-state index contributed by atoms with van der Waals surface area (Å²) in [4.78, 5) is 11.8. The maximum absolute atomic E-state index is 11.8. The Morgan fingerprint density at radius 2 is 2.38 bits per heavy atom. The molecule has 2 rings (SSSR count). The van der Waals surface area contributed by atoms with E-state index in [-0.39, 0.29) is 17.5 Å². The van der Waals surface area contributed by atoms with Gasteiger partial charge in [0, 0.05) is 12.5 Å². The molecular formula is C12H17NO3. The van der Waals surface area contributed by atoms with E-state index in [1.807, 2.05) is 0 Å². The number of piperidine rings is 1. The monoisotopic (exact) mass is 223 g/mol. The van der Waals surface area contributed by atoms with Crippen LogP contribution in [0.5, 0.6) is 5.95 Å². The molecule has 4 nitrogen and oxygen atoms in total. The third-order valence-corrected chi connectivity index (χ3v) is 3.00. The minimum Gasteiger partial charge on any atom is -0.481 e. The number of ketones is 1. The van der Waals surface area contributed by atoms with Gasteiger partial charge in [-0.05, 0) is 37.4 Å². The van der Waals surface area contributed by atoms with Gasteiger partial charge in [-0.2, -0.15) is 0 Å². The van der Waals surface area contributed by atoms with Crippen molar-refractivity contribution in [3.05, 3.63) is 17.9 Å². The SMILES string of the molecule is CC1CNCC(CC(=O)c2ccc(O)o2)C1. The maximum Gasteiger partial charge on any atom is 0.282 e. The molecule has 2 atom stereocenters. The van der Waals surface area contributed by atoms with Gasteiger partial charge >= 0.3 is 0 Å². The molecule has 2 unspecified atom stereocenters. The van der Waals surface area contributed by atoms with Crippen LogP contribution in [0, 0.1) is 11.8 Å². The number of Topliss-reactive ketones (excluding diaryl/α,β-unsaturated/α-hetero) is 1. The Bertz CT molecular complexity index is 372. The van der Waals surface area contributed by atoms with Crippen molar-refractivity contribution in [3.63, 3.8) is 0 Å². The lowest BCUT2D eigenvalue weighted by Crippen LogP contribution is -2.35. The summed E-state index contributed by atoms with van der Waals surface area (Å²) >= 11 is 0. The molecule has 0 aromatic carbocycles. The third kappa shape index (κ3) is 2.64. The minimum atomic E-state index is -0.196. The summed E-state index contributed by atoms with van der Waals surface area (Å²) in [7, 11) is 0. The number of carbonyl (C=O) groups is 1. The van der Waals surface area contributed by atoms with E-state index in [1.54, 1.807) is 0 Å². The third-order valence-electron chi connectivity index (χ3n) is 3.00. The number of rotatable bonds is 3. The van der Waals surface area contributed by atoms with Crippen molar-refractivity contribution in [3.8, 4) is 5.95 Å². The Balaban J connectivity index is 1.92. The summed E-state index contributed by atoms with van der Waals surface area (Å²) in [5, 5.41) is 12.3. The molecule has 16 heavy (non-hydrogen) atoms. The van der Waals surface area contributed by atoms with Crippen LogP contribution in [-0.4, -0.2) is 24.0 Å². The average molecular weight is 223 g/mol. The fourth-order valence-electron chi connectivity index (χ4n) is 2.27. The van der Waals surface area contributed by atoms with E-state index >= 15 is 0 Å². The number of nitrogens with one attached hydrogen (secondary N) is 1. The molecule has 1 aromatic rings. The highest BCUT2D eigenvalue weighted by Crippen LogP contribution is 2.22. The molecule has 1 saturated heterocycles. The van der Waals surface area contributed by atoms with Crippen LogP contribution in [0.3, 0.4) is 0 Å². The Kier molecular flexibility index (Phi) is 3.29. The smallest absolute Gasteiger partial charge is 0.282 e. The molecule has 0 aliphatic carbocycles. The van der Waals surface area contributed by atoms with Gasteiger partial charge in [-0.15, -0.1) is 0 Å². The Labute approximate surface area is 94.6 Å². The largest absolute Gasteiger partial charge is 0.481 e. The zero-order valence-electron chi connectivity index (χ0n) is 9.40. The number of hydrogen-bond donors (Lipinski definition) is 2. The predicted octanol–water partition coefficient (Wildman–Crippen LogP) is 1.80. The average Bonchev–Trinajstić information content (AvgIpc) is 2.65. The lowest BCUT2D eigenvalue weighted by molar-refractivity contribution is 0.0914. The van der Waals surface area contributed by atoms with Crippen molar-refractivity contribution in [1.82, 2.24) is 5.32 Å². The highest BCUT2D eigenvalue weighted by Gasteiger charge is 2.22. The lowest BCUT2D eigenvalue weighted by Gasteiger charge is -2.26. The standard InChI is InChI=1S/C12H17NO3/c1-8-4-9(7-13-6-8)5-10(14)11-2-3-12(15)16-11/h2-3,8-9,13,15H,4-7H2,1H3. The molecule has 88 valence electrons. The molecule has 1 aromatic heterocycles. The van der Waals surface area contributed by atoms with Crippen LogP contribution in [0.25, 0.3) is 0 Å². The van der Waals surface area contributed by atoms with Gasteiger partial charge < -0.3 is 14.8 Å². The van der Waals surface area contributed by atoms with Gasteiger partial charge in [-0.25, -0.2) is 0 Å². The fraction of sp³-hybridized carbons (Fsp3) is 0.583. The molecule has 2 N–H and O–H groups in total. The fourth-order valence-corrected chi connectivity index (χ4v) is 2.27.